The van der Waals surface area contributed by atoms with Crippen LogP contribution in [-0.2, 0) is 16.6 Å². The molecular weight excluding hydrogens is 406 g/mol. The number of piperidine rings is 1. The molecule has 0 saturated carbocycles. The lowest BCUT2D eigenvalue weighted by molar-refractivity contribution is 0.346. The van der Waals surface area contributed by atoms with E-state index < -0.39 is 10.0 Å². The molecule has 0 unspecified atom stereocenters. The van der Waals surface area contributed by atoms with E-state index >= 15 is 0 Å². The fraction of sp³-hybridized carbons (Fsp3) is 0.450. The molecule has 0 N–H and O–H groups in total. The van der Waals surface area contributed by atoms with Crippen molar-refractivity contribution < 1.29 is 17.6 Å². The normalized spacial score (nSPS) is 15.4. The van der Waals surface area contributed by atoms with E-state index in [-0.39, 0.29) is 11.4 Å². The first-order chi connectivity index (χ1) is 14.4. The van der Waals surface area contributed by atoms with Gasteiger partial charge >= 0.3 is 0 Å². The van der Waals surface area contributed by atoms with Crippen LogP contribution in [0.3, 0.4) is 0 Å². The van der Waals surface area contributed by atoms with E-state index in [0.29, 0.717) is 36.3 Å². The van der Waals surface area contributed by atoms with E-state index in [0.717, 1.165) is 30.6 Å². The van der Waals surface area contributed by atoms with E-state index in [4.69, 9.17) is 9.15 Å². The van der Waals surface area contributed by atoms with Gasteiger partial charge in [0.15, 0.2) is 0 Å². The van der Waals surface area contributed by atoms with Crippen molar-refractivity contribution in [2.75, 3.05) is 20.2 Å². The van der Waals surface area contributed by atoms with Crippen molar-refractivity contribution in [1.29, 1.82) is 0 Å². The van der Waals surface area contributed by atoms with Gasteiger partial charge in [0, 0.05) is 18.7 Å². The van der Waals surface area contributed by atoms with Gasteiger partial charge in [0.05, 0.1) is 18.5 Å². The molecule has 9 nitrogen and oxygen atoms in total. The Kier molecular flexibility index (Phi) is 5.61. The summed E-state index contributed by atoms with van der Waals surface area (Å²) in [5, 5.41) is 12.6. The van der Waals surface area contributed by atoms with Crippen LogP contribution < -0.4 is 4.74 Å². The number of nitrogens with zero attached hydrogens (tertiary/aromatic N) is 5. The van der Waals surface area contributed by atoms with Gasteiger partial charge in [-0.15, -0.1) is 10.2 Å². The van der Waals surface area contributed by atoms with E-state index in [2.05, 4.69) is 15.3 Å². The van der Waals surface area contributed by atoms with Crippen LogP contribution in [0.15, 0.2) is 33.6 Å². The number of sulfonamides is 1. The molecule has 0 radical (unpaired) electrons. The molecule has 30 heavy (non-hydrogen) atoms. The van der Waals surface area contributed by atoms with Gasteiger partial charge in [-0.05, 0) is 51.0 Å². The second-order valence-electron chi connectivity index (χ2n) is 7.35. The fourth-order valence-corrected chi connectivity index (χ4v) is 5.63. The summed E-state index contributed by atoms with van der Waals surface area (Å²) in [5.41, 5.74) is 1.83. The molecule has 0 bridgehead atoms. The van der Waals surface area contributed by atoms with Gasteiger partial charge in [-0.1, -0.05) is 6.42 Å². The Bertz CT molecular complexity index is 1130. The summed E-state index contributed by atoms with van der Waals surface area (Å²) >= 11 is 0. The lowest BCUT2D eigenvalue weighted by Crippen LogP contribution is -2.36. The number of rotatable bonds is 6. The highest BCUT2D eigenvalue weighted by Gasteiger charge is 2.32. The summed E-state index contributed by atoms with van der Waals surface area (Å²) in [5.74, 6) is 1.48. The average molecular weight is 432 g/mol. The van der Waals surface area contributed by atoms with Crippen molar-refractivity contribution in [3.63, 3.8) is 0 Å². The minimum atomic E-state index is -3.57. The molecule has 0 spiro atoms. The third-order valence-corrected chi connectivity index (χ3v) is 7.47. The quantitative estimate of drug-likeness (QED) is 0.591. The van der Waals surface area contributed by atoms with Crippen molar-refractivity contribution in [2.45, 2.75) is 44.6 Å². The van der Waals surface area contributed by atoms with Gasteiger partial charge in [0.25, 0.3) is 0 Å². The molecule has 1 aromatic carbocycles. The lowest BCUT2D eigenvalue weighted by Gasteiger charge is -2.25. The molecule has 160 valence electrons. The van der Waals surface area contributed by atoms with Crippen LogP contribution in [0.1, 0.15) is 36.5 Å². The third kappa shape index (κ3) is 3.84. The largest absolute Gasteiger partial charge is 0.497 e. The highest BCUT2D eigenvalue weighted by atomic mass is 32.2. The van der Waals surface area contributed by atoms with Crippen LogP contribution in [0.25, 0.3) is 11.5 Å². The van der Waals surface area contributed by atoms with Crippen LogP contribution in [0.5, 0.6) is 5.75 Å². The zero-order chi connectivity index (χ0) is 21.3. The fourth-order valence-electron chi connectivity index (χ4n) is 3.74. The van der Waals surface area contributed by atoms with Gasteiger partial charge in [-0.2, -0.15) is 9.40 Å². The predicted molar refractivity (Wildman–Crippen MR) is 110 cm³/mol. The second-order valence-corrected chi connectivity index (χ2v) is 9.23. The topological polar surface area (TPSA) is 103 Å². The van der Waals surface area contributed by atoms with Crippen molar-refractivity contribution in [1.82, 2.24) is 24.3 Å². The molecule has 1 saturated heterocycles. The molecule has 0 aliphatic carbocycles. The predicted octanol–water partition coefficient (Wildman–Crippen LogP) is 2.78. The highest BCUT2D eigenvalue weighted by Crippen LogP contribution is 2.27. The zero-order valence-electron chi connectivity index (χ0n) is 17.3. The Morgan fingerprint density at radius 1 is 1.07 bits per heavy atom. The Balaban J connectivity index is 1.57. The first-order valence-corrected chi connectivity index (χ1v) is 11.3. The molecule has 4 rings (SSSR count). The number of aromatic nitrogens is 4. The number of methoxy groups -OCH3 is 1. The molecule has 3 heterocycles. The van der Waals surface area contributed by atoms with Crippen LogP contribution in [-0.4, -0.2) is 52.9 Å². The molecule has 2 aromatic heterocycles. The average Bonchev–Trinajstić information content (AvgIpc) is 3.33. The summed E-state index contributed by atoms with van der Waals surface area (Å²) in [6.07, 6.45) is 2.85. The zero-order valence-corrected chi connectivity index (χ0v) is 18.1. The van der Waals surface area contributed by atoms with Crippen LogP contribution in [0.4, 0.5) is 0 Å². The number of benzene rings is 1. The molecule has 0 atom stereocenters. The summed E-state index contributed by atoms with van der Waals surface area (Å²) in [4.78, 5) is 0.277. The van der Waals surface area contributed by atoms with E-state index in [1.54, 1.807) is 29.9 Å². The maximum Gasteiger partial charge on any atom is 0.247 e. The van der Waals surface area contributed by atoms with Crippen molar-refractivity contribution in [2.24, 2.45) is 0 Å². The Hall–Kier alpha value is -2.72. The molecule has 1 aliphatic rings. The molecule has 1 aliphatic heterocycles. The monoisotopic (exact) mass is 431 g/mol. The molecule has 10 heteroatoms. The maximum atomic E-state index is 13.1. The Morgan fingerprint density at radius 3 is 2.43 bits per heavy atom. The Morgan fingerprint density at radius 2 is 1.77 bits per heavy atom. The number of hydrogen-bond acceptors (Lipinski definition) is 7. The summed E-state index contributed by atoms with van der Waals surface area (Å²) in [6, 6.07) is 7.31. The molecule has 1 fully saturated rings. The number of hydrogen-bond donors (Lipinski definition) is 0. The number of aryl methyl sites for hydroxylation is 1. The highest BCUT2D eigenvalue weighted by molar-refractivity contribution is 7.89. The minimum Gasteiger partial charge on any atom is -0.497 e. The summed E-state index contributed by atoms with van der Waals surface area (Å²) in [7, 11) is -1.96. The van der Waals surface area contributed by atoms with Gasteiger partial charge in [-0.3, -0.25) is 4.68 Å². The minimum absolute atomic E-state index is 0.200. The van der Waals surface area contributed by atoms with Crippen LogP contribution in [0, 0.1) is 13.8 Å². The van der Waals surface area contributed by atoms with E-state index in [1.807, 2.05) is 24.3 Å². The van der Waals surface area contributed by atoms with Crippen molar-refractivity contribution in [3.8, 4) is 17.2 Å². The van der Waals surface area contributed by atoms with Crippen molar-refractivity contribution >= 4 is 10.0 Å². The van der Waals surface area contributed by atoms with Gasteiger partial charge in [-0.25, -0.2) is 8.42 Å². The van der Waals surface area contributed by atoms with Gasteiger partial charge in [0.2, 0.25) is 21.8 Å². The third-order valence-electron chi connectivity index (χ3n) is 5.32. The first kappa shape index (κ1) is 20.5. The van der Waals surface area contributed by atoms with Gasteiger partial charge in [0.1, 0.15) is 17.2 Å². The SMILES string of the molecule is COc1ccc(-c2nnc(Cn3nc(C)c(S(=O)(=O)N4CCCCC4)c3C)o2)cc1. The van der Waals surface area contributed by atoms with Crippen LogP contribution in [0.2, 0.25) is 0 Å². The van der Waals surface area contributed by atoms with E-state index in [9.17, 15) is 8.42 Å². The summed E-state index contributed by atoms with van der Waals surface area (Å²) < 4.78 is 40.4. The molecule has 3 aromatic rings. The standard InChI is InChI=1S/C20H25N5O4S/c1-14-19(30(26,27)24-11-5-4-6-12-24)15(2)25(23-14)13-18-21-22-20(29-18)16-7-9-17(28-3)10-8-16/h7-10H,4-6,11-13H2,1-3H3. The first-order valence-electron chi connectivity index (χ1n) is 9.91. The maximum absolute atomic E-state index is 13.1. The number of ether oxygens (including phenoxy) is 1. The summed E-state index contributed by atoms with van der Waals surface area (Å²) in [6.45, 7) is 4.79. The Labute approximate surface area is 175 Å². The van der Waals surface area contributed by atoms with Crippen molar-refractivity contribution in [3.05, 3.63) is 41.5 Å². The van der Waals surface area contributed by atoms with Gasteiger partial charge < -0.3 is 9.15 Å². The molecule has 0 amide bonds. The second kappa shape index (κ2) is 8.19. The van der Waals surface area contributed by atoms with E-state index in [1.165, 1.54) is 0 Å². The van der Waals surface area contributed by atoms with Crippen LogP contribution >= 0.6 is 0 Å². The smallest absolute Gasteiger partial charge is 0.247 e. The molecular formula is C20H25N5O4S. The lowest BCUT2D eigenvalue weighted by atomic mass is 10.2.